The number of carbonyl (C=O) groups excluding carboxylic acids is 1. The van der Waals surface area contributed by atoms with Crippen molar-refractivity contribution < 1.29 is 13.2 Å². The van der Waals surface area contributed by atoms with Crippen LogP contribution < -0.4 is 4.31 Å². The number of aromatic nitrogens is 3. The van der Waals surface area contributed by atoms with Crippen LogP contribution in [0.1, 0.15) is 28.2 Å². The first-order valence-corrected chi connectivity index (χ1v) is 11.4. The van der Waals surface area contributed by atoms with Crippen molar-refractivity contribution in [2.45, 2.75) is 31.5 Å². The molecule has 2 heterocycles. The summed E-state index contributed by atoms with van der Waals surface area (Å²) >= 11 is 1.34. The zero-order valence-electron chi connectivity index (χ0n) is 15.4. The van der Waals surface area contributed by atoms with E-state index in [9.17, 15) is 13.2 Å². The standard InChI is InChI=1S/C18H22N4O3S2/c1-4-9-21-13(2)19-20-18(21)26-12-17(23)15-7-8-16-14(11-15)6-5-10-22(16)27(3,24)25/h4,7-8,11H,1,5-6,9-10,12H2,2-3H3. The minimum Gasteiger partial charge on any atom is -0.302 e. The summed E-state index contributed by atoms with van der Waals surface area (Å²) < 4.78 is 27.2. The second-order valence-electron chi connectivity index (χ2n) is 6.42. The van der Waals surface area contributed by atoms with Crippen molar-refractivity contribution in [1.82, 2.24) is 14.8 Å². The van der Waals surface area contributed by atoms with Crippen LogP contribution in [0.25, 0.3) is 0 Å². The van der Waals surface area contributed by atoms with Crippen LogP contribution in [0.4, 0.5) is 5.69 Å². The molecule has 0 bridgehead atoms. The Morgan fingerprint density at radius 2 is 2.15 bits per heavy atom. The summed E-state index contributed by atoms with van der Waals surface area (Å²) in [5.74, 6) is 0.994. The highest BCUT2D eigenvalue weighted by atomic mass is 32.2. The molecule has 1 aromatic carbocycles. The summed E-state index contributed by atoms with van der Waals surface area (Å²) in [5, 5.41) is 8.84. The Kier molecular flexibility index (Phi) is 5.71. The number of carbonyl (C=O) groups is 1. The van der Waals surface area contributed by atoms with E-state index < -0.39 is 10.0 Å². The number of sulfonamides is 1. The van der Waals surface area contributed by atoms with Crippen LogP contribution in [0.3, 0.4) is 0 Å². The van der Waals surface area contributed by atoms with Gasteiger partial charge in [0.05, 0.1) is 17.7 Å². The molecule has 0 unspecified atom stereocenters. The minimum absolute atomic E-state index is 0.0231. The van der Waals surface area contributed by atoms with E-state index in [0.717, 1.165) is 24.2 Å². The van der Waals surface area contributed by atoms with E-state index in [1.54, 1.807) is 18.2 Å². The number of nitrogens with zero attached hydrogens (tertiary/aromatic N) is 4. The van der Waals surface area contributed by atoms with Crippen molar-refractivity contribution in [3.63, 3.8) is 0 Å². The quantitative estimate of drug-likeness (QED) is 0.399. The van der Waals surface area contributed by atoms with Gasteiger partial charge < -0.3 is 4.57 Å². The molecule has 0 spiro atoms. The van der Waals surface area contributed by atoms with Crippen LogP contribution in [-0.2, 0) is 23.0 Å². The SMILES string of the molecule is C=CCn1c(C)nnc1SCC(=O)c1ccc2c(c1)CCCN2S(C)(=O)=O. The van der Waals surface area contributed by atoms with E-state index in [1.165, 1.54) is 22.3 Å². The topological polar surface area (TPSA) is 85.2 Å². The molecule has 1 aliphatic heterocycles. The van der Waals surface area contributed by atoms with E-state index in [2.05, 4.69) is 16.8 Å². The molecule has 9 heteroatoms. The van der Waals surface area contributed by atoms with Crippen LogP contribution in [0.5, 0.6) is 0 Å². The maximum absolute atomic E-state index is 12.6. The number of fused-ring (bicyclic) bond motifs is 1. The molecule has 2 aromatic rings. The predicted molar refractivity (Wildman–Crippen MR) is 107 cm³/mol. The fourth-order valence-corrected chi connectivity index (χ4v) is 4.99. The van der Waals surface area contributed by atoms with Gasteiger partial charge in [-0.1, -0.05) is 17.8 Å². The number of aryl methyl sites for hydroxylation is 2. The molecular formula is C18H22N4O3S2. The average Bonchev–Trinajstić information content (AvgIpc) is 2.98. The molecule has 0 aliphatic carbocycles. The van der Waals surface area contributed by atoms with Crippen molar-refractivity contribution in [2.75, 3.05) is 22.9 Å². The number of thioether (sulfide) groups is 1. The zero-order valence-corrected chi connectivity index (χ0v) is 17.0. The lowest BCUT2D eigenvalue weighted by Crippen LogP contribution is -2.34. The van der Waals surface area contributed by atoms with Crippen LogP contribution >= 0.6 is 11.8 Å². The van der Waals surface area contributed by atoms with E-state index in [0.29, 0.717) is 29.5 Å². The lowest BCUT2D eigenvalue weighted by Gasteiger charge is -2.29. The Hall–Kier alpha value is -2.13. The first-order valence-electron chi connectivity index (χ1n) is 8.58. The van der Waals surface area contributed by atoms with Gasteiger partial charge in [-0.2, -0.15) is 0 Å². The van der Waals surface area contributed by atoms with Crippen LogP contribution in [-0.4, -0.2) is 47.5 Å². The third-order valence-corrected chi connectivity index (χ3v) is 6.57. The van der Waals surface area contributed by atoms with Crippen LogP contribution in [0.15, 0.2) is 36.0 Å². The number of rotatable bonds is 7. The van der Waals surface area contributed by atoms with Gasteiger partial charge in [0.15, 0.2) is 10.9 Å². The molecule has 7 nitrogen and oxygen atoms in total. The number of hydrogen-bond donors (Lipinski definition) is 0. The predicted octanol–water partition coefficient (Wildman–Crippen LogP) is 2.46. The fraction of sp³-hybridized carbons (Fsp3) is 0.389. The van der Waals surface area contributed by atoms with Crippen molar-refractivity contribution in [1.29, 1.82) is 0 Å². The maximum atomic E-state index is 12.6. The monoisotopic (exact) mass is 406 g/mol. The molecule has 3 rings (SSSR count). The molecule has 0 radical (unpaired) electrons. The highest BCUT2D eigenvalue weighted by Gasteiger charge is 2.24. The lowest BCUT2D eigenvalue weighted by atomic mass is 9.99. The maximum Gasteiger partial charge on any atom is 0.232 e. The minimum atomic E-state index is -3.31. The van der Waals surface area contributed by atoms with Gasteiger partial charge in [0.1, 0.15) is 5.82 Å². The molecule has 1 aromatic heterocycles. The second kappa shape index (κ2) is 7.85. The molecule has 0 saturated carbocycles. The van der Waals surface area contributed by atoms with E-state index >= 15 is 0 Å². The number of hydrogen-bond acceptors (Lipinski definition) is 6. The molecule has 0 N–H and O–H groups in total. The van der Waals surface area contributed by atoms with E-state index in [-0.39, 0.29) is 11.5 Å². The Bertz CT molecular complexity index is 982. The van der Waals surface area contributed by atoms with Gasteiger partial charge in [0.25, 0.3) is 0 Å². The third-order valence-electron chi connectivity index (χ3n) is 4.42. The smallest absolute Gasteiger partial charge is 0.232 e. The van der Waals surface area contributed by atoms with E-state index in [4.69, 9.17) is 0 Å². The Morgan fingerprint density at radius 3 is 2.85 bits per heavy atom. The lowest BCUT2D eigenvalue weighted by molar-refractivity contribution is 0.102. The summed E-state index contributed by atoms with van der Waals surface area (Å²) in [6.07, 6.45) is 4.48. The summed E-state index contributed by atoms with van der Waals surface area (Å²) in [5.41, 5.74) is 2.16. The van der Waals surface area contributed by atoms with Gasteiger partial charge in [0, 0.05) is 18.7 Å². The van der Waals surface area contributed by atoms with Crippen LogP contribution in [0, 0.1) is 6.92 Å². The van der Waals surface area contributed by atoms with Gasteiger partial charge in [-0.05, 0) is 43.5 Å². The third kappa shape index (κ3) is 4.24. The molecule has 0 fully saturated rings. The number of Topliss-reactive ketones (excluding diaryl/α,β-unsaturated/α-hetero) is 1. The van der Waals surface area contributed by atoms with Gasteiger partial charge >= 0.3 is 0 Å². The molecule has 144 valence electrons. The van der Waals surface area contributed by atoms with Crippen molar-refractivity contribution in [3.05, 3.63) is 47.8 Å². The molecule has 0 atom stereocenters. The van der Waals surface area contributed by atoms with Gasteiger partial charge in [0.2, 0.25) is 10.0 Å². The average molecular weight is 407 g/mol. The van der Waals surface area contributed by atoms with Gasteiger partial charge in [-0.25, -0.2) is 8.42 Å². The first kappa shape index (κ1) is 19.6. The molecule has 1 aliphatic rings. The molecule has 0 amide bonds. The largest absolute Gasteiger partial charge is 0.302 e. The second-order valence-corrected chi connectivity index (χ2v) is 9.27. The Labute approximate surface area is 163 Å². The van der Waals surface area contributed by atoms with Crippen molar-refractivity contribution in [3.8, 4) is 0 Å². The summed E-state index contributed by atoms with van der Waals surface area (Å²) in [6.45, 7) is 6.66. The Balaban J connectivity index is 1.76. The first-order chi connectivity index (χ1) is 12.8. The number of anilines is 1. The highest BCUT2D eigenvalue weighted by molar-refractivity contribution is 7.99. The molecular weight excluding hydrogens is 384 g/mol. The van der Waals surface area contributed by atoms with Crippen molar-refractivity contribution in [2.24, 2.45) is 0 Å². The number of allylic oxidation sites excluding steroid dienone is 1. The molecule has 0 saturated heterocycles. The van der Waals surface area contributed by atoms with Gasteiger partial charge in [-0.15, -0.1) is 16.8 Å². The number of benzene rings is 1. The number of ketones is 1. The normalized spacial score (nSPS) is 14.1. The zero-order chi connectivity index (χ0) is 19.6. The molecule has 27 heavy (non-hydrogen) atoms. The van der Waals surface area contributed by atoms with Crippen molar-refractivity contribution >= 4 is 33.3 Å². The van der Waals surface area contributed by atoms with Gasteiger partial charge in [-0.3, -0.25) is 9.10 Å². The summed E-state index contributed by atoms with van der Waals surface area (Å²) in [4.78, 5) is 12.6. The summed E-state index contributed by atoms with van der Waals surface area (Å²) in [7, 11) is -3.31. The van der Waals surface area contributed by atoms with Crippen LogP contribution in [0.2, 0.25) is 0 Å². The summed E-state index contributed by atoms with van der Waals surface area (Å²) in [6, 6.07) is 5.25. The van der Waals surface area contributed by atoms with E-state index in [1.807, 2.05) is 17.6 Å². The fourth-order valence-electron chi connectivity index (χ4n) is 3.10. The highest BCUT2D eigenvalue weighted by Crippen LogP contribution is 2.30. The Morgan fingerprint density at radius 1 is 1.37 bits per heavy atom.